The fraction of sp³-hybridized carbons (Fsp3) is 0.364. The number of benzene rings is 1. The lowest BCUT2D eigenvalue weighted by Crippen LogP contribution is -2.16. The highest BCUT2D eigenvalue weighted by Crippen LogP contribution is 2.43. The number of rotatable bonds is 3. The Morgan fingerprint density at radius 3 is 2.16 bits per heavy atom. The normalized spacial score (nSPS) is 12.5. The standard InChI is InChI=1S/C11H11Cl3O4S/c1-3-6-7(10(15)16)4-5-8(11(12,13)14)9(6)19(2,17)18/h4-5H,3H2,1-2H3,(H,15,16). The van der Waals surface area contributed by atoms with E-state index in [2.05, 4.69) is 0 Å². The van der Waals surface area contributed by atoms with Gasteiger partial charge in [-0.2, -0.15) is 0 Å². The van der Waals surface area contributed by atoms with Crippen molar-refractivity contribution in [2.24, 2.45) is 0 Å². The van der Waals surface area contributed by atoms with E-state index < -0.39 is 19.6 Å². The first-order chi connectivity index (χ1) is 8.50. The van der Waals surface area contributed by atoms with Gasteiger partial charge in [-0.25, -0.2) is 13.2 Å². The number of hydrogen-bond donors (Lipinski definition) is 1. The van der Waals surface area contributed by atoms with Crippen molar-refractivity contribution in [1.29, 1.82) is 0 Å². The third-order valence-electron chi connectivity index (χ3n) is 2.52. The van der Waals surface area contributed by atoms with E-state index in [1.807, 2.05) is 0 Å². The van der Waals surface area contributed by atoms with Crippen LogP contribution in [0.5, 0.6) is 0 Å². The Labute approximate surface area is 126 Å². The summed E-state index contributed by atoms with van der Waals surface area (Å²) < 4.78 is 21.8. The molecule has 1 rings (SSSR count). The molecule has 1 aromatic carbocycles. The molecule has 0 atom stereocenters. The van der Waals surface area contributed by atoms with Gasteiger partial charge in [0.2, 0.25) is 3.79 Å². The Bertz CT molecular complexity index is 618. The van der Waals surface area contributed by atoms with Crippen LogP contribution in [0.1, 0.15) is 28.4 Å². The number of sulfone groups is 1. The minimum absolute atomic E-state index is 0.0400. The van der Waals surface area contributed by atoms with Crippen LogP contribution in [0, 0.1) is 0 Å². The summed E-state index contributed by atoms with van der Waals surface area (Å²) in [7, 11) is -3.73. The van der Waals surface area contributed by atoms with Crippen LogP contribution in [-0.2, 0) is 20.1 Å². The average Bonchev–Trinajstić information content (AvgIpc) is 2.24. The molecule has 0 saturated carbocycles. The molecule has 0 bridgehead atoms. The summed E-state index contributed by atoms with van der Waals surface area (Å²) in [6.07, 6.45) is 1.14. The van der Waals surface area contributed by atoms with Gasteiger partial charge in [-0.15, -0.1) is 0 Å². The van der Waals surface area contributed by atoms with E-state index in [-0.39, 0.29) is 28.0 Å². The molecule has 0 aromatic heterocycles. The molecule has 4 nitrogen and oxygen atoms in total. The van der Waals surface area contributed by atoms with Gasteiger partial charge < -0.3 is 5.11 Å². The van der Waals surface area contributed by atoms with E-state index in [0.29, 0.717) is 0 Å². The molecule has 19 heavy (non-hydrogen) atoms. The second-order valence-electron chi connectivity index (χ2n) is 3.90. The van der Waals surface area contributed by atoms with Crippen LogP contribution in [0.3, 0.4) is 0 Å². The van der Waals surface area contributed by atoms with Gasteiger partial charge >= 0.3 is 5.97 Å². The molecule has 0 fully saturated rings. The number of carboxylic acids is 1. The summed E-state index contributed by atoms with van der Waals surface area (Å²) in [5.74, 6) is -1.22. The van der Waals surface area contributed by atoms with Crippen molar-refractivity contribution < 1.29 is 18.3 Å². The number of carbonyl (C=O) groups is 1. The maximum atomic E-state index is 11.9. The number of carboxylic acid groups (broad SMARTS) is 1. The fourth-order valence-electron chi connectivity index (χ4n) is 1.83. The maximum Gasteiger partial charge on any atom is 0.336 e. The second-order valence-corrected chi connectivity index (χ2v) is 8.13. The van der Waals surface area contributed by atoms with Gasteiger partial charge in [-0.1, -0.05) is 47.8 Å². The van der Waals surface area contributed by atoms with Crippen LogP contribution in [0.4, 0.5) is 0 Å². The smallest absolute Gasteiger partial charge is 0.336 e. The van der Waals surface area contributed by atoms with Crippen molar-refractivity contribution in [3.63, 3.8) is 0 Å². The number of aromatic carboxylic acids is 1. The van der Waals surface area contributed by atoms with Crippen molar-refractivity contribution in [3.05, 3.63) is 28.8 Å². The van der Waals surface area contributed by atoms with Crippen LogP contribution in [0.2, 0.25) is 0 Å². The van der Waals surface area contributed by atoms with Gasteiger partial charge in [0.25, 0.3) is 0 Å². The lowest BCUT2D eigenvalue weighted by molar-refractivity contribution is 0.0695. The molecule has 0 aliphatic rings. The SMILES string of the molecule is CCc1c(C(=O)O)ccc(C(Cl)(Cl)Cl)c1S(C)(=O)=O. The molecule has 0 heterocycles. The second kappa shape index (κ2) is 5.48. The largest absolute Gasteiger partial charge is 0.478 e. The predicted octanol–water partition coefficient (Wildman–Crippen LogP) is 3.18. The summed E-state index contributed by atoms with van der Waals surface area (Å²) in [5.41, 5.74) is -0.0124. The zero-order chi connectivity index (χ0) is 15.0. The number of alkyl halides is 3. The monoisotopic (exact) mass is 344 g/mol. The van der Waals surface area contributed by atoms with Gasteiger partial charge in [0.05, 0.1) is 10.5 Å². The molecule has 0 saturated heterocycles. The van der Waals surface area contributed by atoms with Crippen molar-refractivity contribution in [3.8, 4) is 0 Å². The van der Waals surface area contributed by atoms with Crippen LogP contribution in [0.15, 0.2) is 17.0 Å². The predicted molar refractivity (Wildman–Crippen MR) is 75.1 cm³/mol. The Morgan fingerprint density at radius 2 is 1.84 bits per heavy atom. The molecule has 1 N–H and O–H groups in total. The fourth-order valence-corrected chi connectivity index (χ4v) is 3.79. The van der Waals surface area contributed by atoms with Crippen molar-refractivity contribution in [2.75, 3.05) is 6.26 Å². The molecular weight excluding hydrogens is 335 g/mol. The third-order valence-corrected chi connectivity index (χ3v) is 4.34. The van der Waals surface area contributed by atoms with Crippen LogP contribution < -0.4 is 0 Å². The Balaban J connectivity index is 3.87. The highest BCUT2D eigenvalue weighted by atomic mass is 35.6. The first kappa shape index (κ1) is 16.6. The summed E-state index contributed by atoms with van der Waals surface area (Å²) in [6, 6.07) is 2.46. The van der Waals surface area contributed by atoms with E-state index in [4.69, 9.17) is 39.9 Å². The topological polar surface area (TPSA) is 71.4 Å². The highest BCUT2D eigenvalue weighted by molar-refractivity contribution is 7.90. The van der Waals surface area contributed by atoms with Crippen LogP contribution in [0.25, 0.3) is 0 Å². The quantitative estimate of drug-likeness (QED) is 0.854. The van der Waals surface area contributed by atoms with Gasteiger partial charge in [-0.3, -0.25) is 0 Å². The molecule has 0 spiro atoms. The Kier molecular flexibility index (Phi) is 4.78. The van der Waals surface area contributed by atoms with E-state index in [0.717, 1.165) is 6.26 Å². The minimum atomic E-state index is -3.73. The molecule has 0 radical (unpaired) electrons. The summed E-state index contributed by atoms with van der Waals surface area (Å²) in [4.78, 5) is 10.9. The molecule has 8 heteroatoms. The molecule has 0 amide bonds. The maximum absolute atomic E-state index is 11.9. The lowest BCUT2D eigenvalue weighted by Gasteiger charge is -2.19. The first-order valence-corrected chi connectivity index (χ1v) is 8.19. The molecule has 106 valence electrons. The van der Waals surface area contributed by atoms with Gasteiger partial charge in [0.15, 0.2) is 9.84 Å². The molecule has 1 aromatic rings. The van der Waals surface area contributed by atoms with Gasteiger partial charge in [0, 0.05) is 11.8 Å². The van der Waals surface area contributed by atoms with E-state index in [9.17, 15) is 13.2 Å². The van der Waals surface area contributed by atoms with Crippen molar-refractivity contribution in [1.82, 2.24) is 0 Å². The lowest BCUT2D eigenvalue weighted by atomic mass is 10.0. The summed E-state index contributed by atoms with van der Waals surface area (Å²) in [5, 5.41) is 9.09. The van der Waals surface area contributed by atoms with Gasteiger partial charge in [0.1, 0.15) is 0 Å². The summed E-state index contributed by atoms with van der Waals surface area (Å²) in [6.45, 7) is 1.64. The molecule has 0 aliphatic carbocycles. The van der Waals surface area contributed by atoms with Crippen molar-refractivity contribution in [2.45, 2.75) is 22.0 Å². The summed E-state index contributed by atoms with van der Waals surface area (Å²) >= 11 is 17.2. The van der Waals surface area contributed by atoms with Crippen molar-refractivity contribution >= 4 is 50.6 Å². The van der Waals surface area contributed by atoms with E-state index in [1.165, 1.54) is 12.1 Å². The first-order valence-electron chi connectivity index (χ1n) is 5.16. The minimum Gasteiger partial charge on any atom is -0.478 e. The van der Waals surface area contributed by atoms with E-state index >= 15 is 0 Å². The Morgan fingerprint density at radius 1 is 1.32 bits per heavy atom. The van der Waals surface area contributed by atoms with Crippen LogP contribution >= 0.6 is 34.8 Å². The zero-order valence-corrected chi connectivity index (χ0v) is 13.2. The van der Waals surface area contributed by atoms with Gasteiger partial charge in [-0.05, 0) is 18.1 Å². The molecule has 0 unspecified atom stereocenters. The van der Waals surface area contributed by atoms with E-state index in [1.54, 1.807) is 6.92 Å². The van der Waals surface area contributed by atoms with Crippen LogP contribution in [-0.4, -0.2) is 25.7 Å². The molecule has 0 aliphatic heterocycles. The highest BCUT2D eigenvalue weighted by Gasteiger charge is 2.33. The Hall–Kier alpha value is -0.490. The average molecular weight is 346 g/mol. The number of hydrogen-bond acceptors (Lipinski definition) is 3. The molecular formula is C11H11Cl3O4S. The zero-order valence-electron chi connectivity index (χ0n) is 10.1. The third kappa shape index (κ3) is 3.54. The number of halogens is 3.